The molecule has 3 aromatic rings. The highest BCUT2D eigenvalue weighted by Gasteiger charge is 2.59. The van der Waals surface area contributed by atoms with E-state index in [4.69, 9.17) is 5.73 Å². The lowest BCUT2D eigenvalue weighted by Crippen LogP contribution is -2.51. The second-order valence-electron chi connectivity index (χ2n) is 11.0. The fraction of sp³-hybridized carbons (Fsp3) is 0.267. The molecule has 48 heavy (non-hydrogen) atoms. The normalized spacial score (nSPS) is 17.9. The number of fused-ring (bicyclic) bond motifs is 1. The molecule has 1 saturated heterocycles. The van der Waals surface area contributed by atoms with Crippen LogP contribution in [0.1, 0.15) is 40.0 Å². The molecule has 2 unspecified atom stereocenters. The van der Waals surface area contributed by atoms with Crippen molar-refractivity contribution in [3.63, 3.8) is 0 Å². The van der Waals surface area contributed by atoms with E-state index in [1.165, 1.54) is 41.1 Å². The summed E-state index contributed by atoms with van der Waals surface area (Å²) >= 11 is 0. The molecule has 2 amide bonds. The minimum Gasteiger partial charge on any atom is -0.366 e. The van der Waals surface area contributed by atoms with E-state index >= 15 is 0 Å². The molecule has 1 fully saturated rings. The van der Waals surface area contributed by atoms with Gasteiger partial charge in [0.15, 0.2) is 17.7 Å². The first kappa shape index (κ1) is 34.6. The Balaban J connectivity index is 1.41. The van der Waals surface area contributed by atoms with Crippen molar-refractivity contribution in [3.8, 4) is 0 Å². The Bertz CT molecular complexity index is 1900. The third-order valence-electron chi connectivity index (χ3n) is 7.87. The molecular weight excluding hydrogens is 678 g/mol. The van der Waals surface area contributed by atoms with Crippen molar-refractivity contribution in [1.29, 1.82) is 0 Å². The van der Waals surface area contributed by atoms with Gasteiger partial charge in [-0.15, -0.1) is 0 Å². The molecule has 2 aliphatic rings. The molecule has 0 aromatic heterocycles. The van der Waals surface area contributed by atoms with E-state index in [1.807, 2.05) is 0 Å². The molecule has 0 radical (unpaired) electrons. The number of alkyl halides is 6. The van der Waals surface area contributed by atoms with Gasteiger partial charge in [0.1, 0.15) is 5.82 Å². The van der Waals surface area contributed by atoms with Gasteiger partial charge in [-0.2, -0.15) is 31.4 Å². The number of rotatable bonds is 8. The Kier molecular flexibility index (Phi) is 8.93. The highest BCUT2D eigenvalue weighted by atomic mass is 32.2. The Morgan fingerprint density at radius 2 is 1.60 bits per heavy atom. The zero-order chi connectivity index (χ0) is 35.3. The van der Waals surface area contributed by atoms with Crippen LogP contribution in [0.4, 0.5) is 35.1 Å². The molecule has 5 rings (SSSR count). The van der Waals surface area contributed by atoms with E-state index in [2.05, 4.69) is 0 Å². The predicted octanol–water partition coefficient (Wildman–Crippen LogP) is 4.84. The quantitative estimate of drug-likeness (QED) is 0.323. The van der Waals surface area contributed by atoms with Crippen LogP contribution in [0.2, 0.25) is 0 Å². The van der Waals surface area contributed by atoms with Gasteiger partial charge in [-0.05, 0) is 60.5 Å². The average molecular weight is 704 g/mol. The molecule has 0 saturated carbocycles. The Labute approximate surface area is 268 Å². The van der Waals surface area contributed by atoms with E-state index in [1.54, 1.807) is 4.72 Å². The number of benzene rings is 3. The Hall–Kier alpha value is -4.71. The Morgan fingerprint density at radius 1 is 0.938 bits per heavy atom. The fourth-order valence-electron chi connectivity index (χ4n) is 5.68. The summed E-state index contributed by atoms with van der Waals surface area (Å²) in [6.45, 7) is 1.10. The van der Waals surface area contributed by atoms with E-state index in [0.29, 0.717) is 12.1 Å². The number of nitrogens with one attached hydrogen (secondary N) is 1. The number of carbonyl (C=O) groups excluding carboxylic acids is 2. The SMILES string of the molecule is CC(c1ccc(C(=O)NS(=O)(=O)c2ccc(F)c(F)c2)cc1)N1C(C(F)(F)F)C(C(N)=O)=C2N(Cc3cccc(C(F)(F)F)c3)CCN21. The van der Waals surface area contributed by atoms with Crippen molar-refractivity contribution in [1.82, 2.24) is 19.6 Å². The van der Waals surface area contributed by atoms with Crippen LogP contribution in [0.15, 0.2) is 83.0 Å². The zero-order valence-corrected chi connectivity index (χ0v) is 25.4. The van der Waals surface area contributed by atoms with Crippen LogP contribution in [0.5, 0.6) is 0 Å². The van der Waals surface area contributed by atoms with Crippen LogP contribution in [0.25, 0.3) is 0 Å². The van der Waals surface area contributed by atoms with Gasteiger partial charge in [0.25, 0.3) is 15.9 Å². The molecule has 256 valence electrons. The first-order valence-electron chi connectivity index (χ1n) is 14.0. The molecule has 9 nitrogen and oxygen atoms in total. The number of hydrogen-bond donors (Lipinski definition) is 2. The lowest BCUT2D eigenvalue weighted by molar-refractivity contribution is -0.204. The standard InChI is InChI=1S/C30H25F8N5O4S/c1-16(18-5-7-19(8-6-18)27(45)40-48(46,47)21-9-10-22(31)23(32)14-21)43-25(30(36,37)38)24(26(39)44)28-41(11-12-42(28)43)15-17-3-2-4-20(13-17)29(33,34)35/h2-10,13-14,16,25H,11-12,15H2,1H3,(H2,39,44)(H,40,45). The van der Waals surface area contributed by atoms with Crippen LogP contribution >= 0.6 is 0 Å². The number of nitrogens with two attached hydrogens (primary N) is 1. The van der Waals surface area contributed by atoms with Gasteiger partial charge in [-0.25, -0.2) is 21.9 Å². The van der Waals surface area contributed by atoms with Gasteiger partial charge in [0.2, 0.25) is 5.91 Å². The topological polar surface area (TPSA) is 116 Å². The lowest BCUT2D eigenvalue weighted by atomic mass is 10.0. The third-order valence-corrected chi connectivity index (χ3v) is 9.20. The van der Waals surface area contributed by atoms with Crippen molar-refractivity contribution in [3.05, 3.63) is 112 Å². The van der Waals surface area contributed by atoms with E-state index in [9.17, 15) is 53.1 Å². The van der Waals surface area contributed by atoms with E-state index < -0.39 is 73.9 Å². The molecule has 2 atom stereocenters. The van der Waals surface area contributed by atoms with Crippen molar-refractivity contribution in [2.75, 3.05) is 13.1 Å². The smallest absolute Gasteiger partial charge is 0.366 e. The maximum absolute atomic E-state index is 14.6. The van der Waals surface area contributed by atoms with Gasteiger partial charge in [-0.1, -0.05) is 24.3 Å². The van der Waals surface area contributed by atoms with E-state index in [-0.39, 0.29) is 42.1 Å². The number of primary amides is 1. The average Bonchev–Trinajstić information content (AvgIpc) is 3.56. The van der Waals surface area contributed by atoms with Crippen molar-refractivity contribution < 1.29 is 53.1 Å². The van der Waals surface area contributed by atoms with Gasteiger partial charge >= 0.3 is 12.4 Å². The van der Waals surface area contributed by atoms with Crippen LogP contribution in [0, 0.1) is 11.6 Å². The van der Waals surface area contributed by atoms with E-state index in [0.717, 1.165) is 35.3 Å². The zero-order valence-electron chi connectivity index (χ0n) is 24.6. The largest absolute Gasteiger partial charge is 0.416 e. The highest BCUT2D eigenvalue weighted by Crippen LogP contribution is 2.46. The van der Waals surface area contributed by atoms with Crippen LogP contribution < -0.4 is 10.5 Å². The molecule has 3 aromatic carbocycles. The predicted molar refractivity (Wildman–Crippen MR) is 152 cm³/mol. The first-order chi connectivity index (χ1) is 22.3. The van der Waals surface area contributed by atoms with Crippen molar-refractivity contribution in [2.45, 2.75) is 42.8 Å². The number of hydrogen-bond acceptors (Lipinski definition) is 7. The second kappa shape index (κ2) is 12.4. The first-order valence-corrected chi connectivity index (χ1v) is 15.5. The summed E-state index contributed by atoms with van der Waals surface area (Å²) in [6.07, 6.45) is -9.69. The van der Waals surface area contributed by atoms with Gasteiger partial charge in [0.05, 0.1) is 28.6 Å². The monoisotopic (exact) mass is 703 g/mol. The van der Waals surface area contributed by atoms with Crippen LogP contribution in [0.3, 0.4) is 0 Å². The summed E-state index contributed by atoms with van der Waals surface area (Å²) in [5, 5.41) is 2.08. The minimum absolute atomic E-state index is 0.0433. The minimum atomic E-state index is -5.04. The third kappa shape index (κ3) is 6.66. The summed E-state index contributed by atoms with van der Waals surface area (Å²) in [5.41, 5.74) is 3.83. The molecule has 2 heterocycles. The van der Waals surface area contributed by atoms with Crippen molar-refractivity contribution >= 4 is 21.8 Å². The molecule has 3 N–H and O–H groups in total. The maximum atomic E-state index is 14.6. The fourth-order valence-corrected chi connectivity index (χ4v) is 6.67. The molecule has 0 spiro atoms. The summed E-state index contributed by atoms with van der Waals surface area (Å²) < 4.78 is 137. The van der Waals surface area contributed by atoms with Crippen LogP contribution in [-0.2, 0) is 27.5 Å². The summed E-state index contributed by atoms with van der Waals surface area (Å²) in [4.78, 5) is 25.9. The van der Waals surface area contributed by atoms with Crippen molar-refractivity contribution in [2.24, 2.45) is 5.73 Å². The molecular formula is C30H25F8N5O4S. The number of halogens is 8. The maximum Gasteiger partial charge on any atom is 0.416 e. The molecule has 0 bridgehead atoms. The second-order valence-corrected chi connectivity index (χ2v) is 12.7. The molecule has 18 heteroatoms. The summed E-state index contributed by atoms with van der Waals surface area (Å²) in [7, 11) is -4.63. The highest BCUT2D eigenvalue weighted by molar-refractivity contribution is 7.90. The molecule has 0 aliphatic carbocycles. The lowest BCUT2D eigenvalue weighted by Gasteiger charge is -2.38. The number of amides is 2. The molecule has 2 aliphatic heterocycles. The van der Waals surface area contributed by atoms with Gasteiger partial charge < -0.3 is 10.6 Å². The number of hydrazine groups is 1. The number of sulfonamides is 1. The van der Waals surface area contributed by atoms with Gasteiger partial charge in [-0.3, -0.25) is 14.6 Å². The number of carbonyl (C=O) groups is 2. The Morgan fingerprint density at radius 3 is 2.19 bits per heavy atom. The number of nitrogens with zero attached hydrogens (tertiary/aromatic N) is 3. The summed E-state index contributed by atoms with van der Waals surface area (Å²) in [6, 6.07) is 7.06. The van der Waals surface area contributed by atoms with Crippen LogP contribution in [-0.4, -0.2) is 60.5 Å². The summed E-state index contributed by atoms with van der Waals surface area (Å²) in [5.74, 6) is -5.52. The van der Waals surface area contributed by atoms with Gasteiger partial charge in [0, 0.05) is 18.7 Å².